The van der Waals surface area contributed by atoms with Crippen LogP contribution in [0, 0.1) is 0 Å². The zero-order valence-corrected chi connectivity index (χ0v) is 11.8. The Hall–Kier alpha value is -1.51. The number of rotatable bonds is 4. The molecule has 1 atom stereocenters. The van der Waals surface area contributed by atoms with Crippen LogP contribution in [-0.2, 0) is 6.42 Å². The summed E-state index contributed by atoms with van der Waals surface area (Å²) in [5.74, 6) is 0.573. The first kappa shape index (κ1) is 13.9. The third kappa shape index (κ3) is 3.09. The van der Waals surface area contributed by atoms with E-state index in [0.717, 1.165) is 17.5 Å². The number of aryl methyl sites for hydroxylation is 1. The van der Waals surface area contributed by atoms with Crippen molar-refractivity contribution in [3.8, 4) is 5.75 Å². The molecule has 19 heavy (non-hydrogen) atoms. The molecule has 0 aliphatic heterocycles. The highest BCUT2D eigenvalue weighted by Gasteiger charge is 2.12. The molecule has 1 N–H and O–H groups in total. The van der Waals surface area contributed by atoms with Gasteiger partial charge in [-0.2, -0.15) is 0 Å². The molecule has 1 unspecified atom stereocenters. The van der Waals surface area contributed by atoms with Crippen molar-refractivity contribution >= 4 is 11.6 Å². The molecule has 0 bridgehead atoms. The molecule has 2 rings (SSSR count). The maximum Gasteiger partial charge on any atom is 0.137 e. The minimum atomic E-state index is -0.669. The predicted octanol–water partition coefficient (Wildman–Crippen LogP) is 3.99. The van der Waals surface area contributed by atoms with E-state index in [1.54, 1.807) is 19.2 Å². The van der Waals surface area contributed by atoms with Crippen LogP contribution in [0.1, 0.15) is 29.7 Å². The molecule has 0 saturated heterocycles. The Bertz CT molecular complexity index is 549. The highest BCUT2D eigenvalue weighted by atomic mass is 35.5. The highest BCUT2D eigenvalue weighted by Crippen LogP contribution is 2.30. The van der Waals surface area contributed by atoms with Crippen molar-refractivity contribution < 1.29 is 9.84 Å². The molecule has 2 aromatic carbocycles. The number of benzene rings is 2. The zero-order chi connectivity index (χ0) is 13.8. The van der Waals surface area contributed by atoms with Crippen LogP contribution in [0.5, 0.6) is 5.75 Å². The van der Waals surface area contributed by atoms with Crippen molar-refractivity contribution in [2.45, 2.75) is 19.4 Å². The van der Waals surface area contributed by atoms with Crippen LogP contribution in [-0.4, -0.2) is 12.2 Å². The van der Waals surface area contributed by atoms with Crippen molar-refractivity contribution in [3.63, 3.8) is 0 Å². The lowest BCUT2D eigenvalue weighted by Crippen LogP contribution is -2.00. The lowest BCUT2D eigenvalue weighted by Gasteiger charge is -2.13. The molecule has 0 aliphatic carbocycles. The molecule has 0 amide bonds. The van der Waals surface area contributed by atoms with E-state index in [2.05, 4.69) is 6.92 Å². The summed E-state index contributed by atoms with van der Waals surface area (Å²) in [5, 5.41) is 10.9. The van der Waals surface area contributed by atoms with Gasteiger partial charge in [0.25, 0.3) is 0 Å². The van der Waals surface area contributed by atoms with Crippen molar-refractivity contribution in [2.24, 2.45) is 0 Å². The largest absolute Gasteiger partial charge is 0.495 e. The fourth-order valence-electron chi connectivity index (χ4n) is 1.97. The molecule has 3 heteroatoms. The number of halogens is 1. The molecular formula is C16H17ClO2. The summed E-state index contributed by atoms with van der Waals surface area (Å²) < 4.78 is 5.17. The lowest BCUT2D eigenvalue weighted by atomic mass is 10.00. The molecule has 0 aromatic heterocycles. The topological polar surface area (TPSA) is 29.5 Å². The van der Waals surface area contributed by atoms with Crippen LogP contribution in [0.15, 0.2) is 42.5 Å². The van der Waals surface area contributed by atoms with E-state index in [0.29, 0.717) is 10.8 Å². The second kappa shape index (κ2) is 6.09. The molecular weight excluding hydrogens is 260 g/mol. The van der Waals surface area contributed by atoms with Gasteiger partial charge in [-0.15, -0.1) is 0 Å². The maximum atomic E-state index is 10.4. The summed E-state index contributed by atoms with van der Waals surface area (Å²) in [5.41, 5.74) is 2.89. The van der Waals surface area contributed by atoms with Gasteiger partial charge in [-0.3, -0.25) is 0 Å². The van der Waals surface area contributed by atoms with E-state index in [1.807, 2.05) is 30.3 Å². The predicted molar refractivity (Wildman–Crippen MR) is 77.9 cm³/mol. The average Bonchev–Trinajstić information content (AvgIpc) is 2.47. The molecule has 2 aromatic rings. The van der Waals surface area contributed by atoms with Gasteiger partial charge in [0.05, 0.1) is 12.1 Å². The summed E-state index contributed by atoms with van der Waals surface area (Å²) in [6.45, 7) is 2.11. The third-order valence-electron chi connectivity index (χ3n) is 3.19. The quantitative estimate of drug-likeness (QED) is 0.915. The first-order chi connectivity index (χ1) is 9.15. The van der Waals surface area contributed by atoms with Gasteiger partial charge < -0.3 is 9.84 Å². The fourth-order valence-corrected chi connectivity index (χ4v) is 2.17. The number of hydrogen-bond acceptors (Lipinski definition) is 2. The van der Waals surface area contributed by atoms with Crippen molar-refractivity contribution in [3.05, 3.63) is 64.2 Å². The number of aliphatic hydroxyl groups excluding tert-OH is 1. The van der Waals surface area contributed by atoms with Crippen LogP contribution >= 0.6 is 11.6 Å². The second-order valence-corrected chi connectivity index (χ2v) is 4.80. The SMILES string of the molecule is CCc1ccc(C(O)c2ccc(Cl)c(OC)c2)cc1. The summed E-state index contributed by atoms with van der Waals surface area (Å²) in [6.07, 6.45) is 0.322. The first-order valence-corrected chi connectivity index (χ1v) is 6.63. The van der Waals surface area contributed by atoms with Gasteiger partial charge in [0.15, 0.2) is 0 Å². The molecule has 0 aliphatic rings. The normalized spacial score (nSPS) is 12.2. The lowest BCUT2D eigenvalue weighted by molar-refractivity contribution is 0.220. The van der Waals surface area contributed by atoms with E-state index >= 15 is 0 Å². The molecule has 0 fully saturated rings. The number of ether oxygens (including phenoxy) is 1. The van der Waals surface area contributed by atoms with Gasteiger partial charge in [0.2, 0.25) is 0 Å². The number of aliphatic hydroxyl groups is 1. The fraction of sp³-hybridized carbons (Fsp3) is 0.250. The summed E-state index contributed by atoms with van der Waals surface area (Å²) in [4.78, 5) is 0. The van der Waals surface area contributed by atoms with Gasteiger partial charge in [-0.05, 0) is 35.2 Å². The van der Waals surface area contributed by atoms with Gasteiger partial charge in [0, 0.05) is 0 Å². The van der Waals surface area contributed by atoms with Crippen LogP contribution in [0.2, 0.25) is 5.02 Å². The van der Waals surface area contributed by atoms with Gasteiger partial charge >= 0.3 is 0 Å². The third-order valence-corrected chi connectivity index (χ3v) is 3.51. The van der Waals surface area contributed by atoms with Crippen LogP contribution in [0.4, 0.5) is 0 Å². The maximum absolute atomic E-state index is 10.4. The molecule has 0 spiro atoms. The molecule has 0 heterocycles. The Balaban J connectivity index is 2.29. The summed E-state index contributed by atoms with van der Waals surface area (Å²) in [6, 6.07) is 13.3. The van der Waals surface area contributed by atoms with Crippen LogP contribution in [0.3, 0.4) is 0 Å². The van der Waals surface area contributed by atoms with E-state index in [9.17, 15) is 5.11 Å². The Morgan fingerprint density at radius 3 is 2.32 bits per heavy atom. The van der Waals surface area contributed by atoms with Crippen LogP contribution in [0.25, 0.3) is 0 Å². The number of methoxy groups -OCH3 is 1. The molecule has 0 radical (unpaired) electrons. The summed E-state index contributed by atoms with van der Waals surface area (Å²) >= 11 is 5.98. The van der Waals surface area contributed by atoms with Crippen molar-refractivity contribution in [1.82, 2.24) is 0 Å². The Labute approximate surface area is 118 Å². The molecule has 2 nitrogen and oxygen atoms in total. The second-order valence-electron chi connectivity index (χ2n) is 4.39. The van der Waals surface area contributed by atoms with E-state index in [-0.39, 0.29) is 0 Å². The Morgan fingerprint density at radius 2 is 1.74 bits per heavy atom. The smallest absolute Gasteiger partial charge is 0.137 e. The van der Waals surface area contributed by atoms with E-state index < -0.39 is 6.10 Å². The Morgan fingerprint density at radius 1 is 1.11 bits per heavy atom. The zero-order valence-electron chi connectivity index (χ0n) is 11.1. The molecule has 100 valence electrons. The van der Waals surface area contributed by atoms with Crippen molar-refractivity contribution in [1.29, 1.82) is 0 Å². The standard InChI is InChI=1S/C16H17ClO2/c1-3-11-4-6-12(7-5-11)16(18)13-8-9-14(17)15(10-13)19-2/h4-10,16,18H,3H2,1-2H3. The van der Waals surface area contributed by atoms with E-state index in [4.69, 9.17) is 16.3 Å². The average molecular weight is 277 g/mol. The number of hydrogen-bond donors (Lipinski definition) is 1. The monoisotopic (exact) mass is 276 g/mol. The molecule has 0 saturated carbocycles. The van der Waals surface area contributed by atoms with Crippen LogP contribution < -0.4 is 4.74 Å². The van der Waals surface area contributed by atoms with Crippen molar-refractivity contribution in [2.75, 3.05) is 7.11 Å². The first-order valence-electron chi connectivity index (χ1n) is 6.26. The minimum Gasteiger partial charge on any atom is -0.495 e. The van der Waals surface area contributed by atoms with Gasteiger partial charge in [-0.1, -0.05) is 48.9 Å². The highest BCUT2D eigenvalue weighted by molar-refractivity contribution is 6.32. The van der Waals surface area contributed by atoms with E-state index in [1.165, 1.54) is 5.56 Å². The summed E-state index contributed by atoms with van der Waals surface area (Å²) in [7, 11) is 1.56. The van der Waals surface area contributed by atoms with Gasteiger partial charge in [0.1, 0.15) is 11.9 Å². The van der Waals surface area contributed by atoms with Gasteiger partial charge in [-0.25, -0.2) is 0 Å². The Kier molecular flexibility index (Phi) is 4.46. The minimum absolute atomic E-state index is 0.541.